The number of hydrogen-bond donors (Lipinski definition) is 1. The van der Waals surface area contributed by atoms with Crippen LogP contribution in [0.3, 0.4) is 0 Å². The first-order valence-electron chi connectivity index (χ1n) is 11.5. The second kappa shape index (κ2) is 12.3. The van der Waals surface area contributed by atoms with Crippen LogP contribution in [0.5, 0.6) is 0 Å². The Bertz CT molecular complexity index is 1080. The fraction of sp³-hybridized carbons (Fsp3) is 0.440. The Morgan fingerprint density at radius 2 is 1.68 bits per heavy atom. The third-order valence-corrected chi connectivity index (χ3v) is 8.05. The summed E-state index contributed by atoms with van der Waals surface area (Å²) in [6.07, 6.45) is 7.54. The lowest BCUT2D eigenvalue weighted by molar-refractivity contribution is -0.125. The summed E-state index contributed by atoms with van der Waals surface area (Å²) < 4.78 is 32.4. The lowest BCUT2D eigenvalue weighted by atomic mass is 9.97. The van der Waals surface area contributed by atoms with Gasteiger partial charge in [0.25, 0.3) is 5.91 Å². The highest BCUT2D eigenvalue weighted by Crippen LogP contribution is 2.24. The van der Waals surface area contributed by atoms with Gasteiger partial charge in [-0.3, -0.25) is 4.79 Å². The standard InChI is InChI=1S/C25H31ClN2O5S/c1-28(17-19-10-6-5-7-11-19)34(31,32)21-14-15-23(26)22(16-21)25(30)33-18-24(29)27-20-12-8-3-2-4-9-13-20/h5-7,10-11,14-16,20H,2-4,8-9,12-13,17-18H2,1H3,(H,27,29). The molecule has 0 radical (unpaired) electrons. The Labute approximate surface area is 206 Å². The minimum absolute atomic E-state index is 0.0510. The average molecular weight is 507 g/mol. The van der Waals surface area contributed by atoms with E-state index < -0.39 is 22.6 Å². The van der Waals surface area contributed by atoms with Crippen molar-refractivity contribution in [3.63, 3.8) is 0 Å². The second-order valence-corrected chi connectivity index (χ2v) is 11.0. The monoisotopic (exact) mass is 506 g/mol. The van der Waals surface area contributed by atoms with Crippen molar-refractivity contribution >= 4 is 33.5 Å². The fourth-order valence-corrected chi connectivity index (χ4v) is 5.39. The SMILES string of the molecule is CN(Cc1ccccc1)S(=O)(=O)c1ccc(Cl)c(C(=O)OCC(=O)NC2CCCCCCC2)c1. The molecule has 0 spiro atoms. The summed E-state index contributed by atoms with van der Waals surface area (Å²) in [5.74, 6) is -1.22. The number of carbonyl (C=O) groups excluding carboxylic acids is 2. The smallest absolute Gasteiger partial charge is 0.340 e. The Morgan fingerprint density at radius 1 is 1.03 bits per heavy atom. The third kappa shape index (κ3) is 7.29. The van der Waals surface area contributed by atoms with Crippen LogP contribution in [0.15, 0.2) is 53.4 Å². The summed E-state index contributed by atoms with van der Waals surface area (Å²) in [6, 6.07) is 13.1. The predicted molar refractivity (Wildman–Crippen MR) is 131 cm³/mol. The van der Waals surface area contributed by atoms with E-state index >= 15 is 0 Å². The summed E-state index contributed by atoms with van der Waals surface area (Å²) >= 11 is 6.15. The molecule has 1 aliphatic rings. The minimum atomic E-state index is -3.88. The molecule has 0 unspecified atom stereocenters. The van der Waals surface area contributed by atoms with Crippen LogP contribution in [-0.4, -0.2) is 44.3 Å². The number of sulfonamides is 1. The van der Waals surface area contributed by atoms with E-state index in [4.69, 9.17) is 16.3 Å². The Hall–Kier alpha value is -2.42. The number of carbonyl (C=O) groups is 2. The number of amides is 1. The van der Waals surface area contributed by atoms with E-state index in [1.807, 2.05) is 30.3 Å². The van der Waals surface area contributed by atoms with Crippen LogP contribution in [0, 0.1) is 0 Å². The van der Waals surface area contributed by atoms with Crippen molar-refractivity contribution in [2.75, 3.05) is 13.7 Å². The summed E-state index contributed by atoms with van der Waals surface area (Å²) in [5, 5.41) is 2.98. The Morgan fingerprint density at radius 3 is 2.35 bits per heavy atom. The van der Waals surface area contributed by atoms with E-state index in [0.717, 1.165) is 31.2 Å². The largest absolute Gasteiger partial charge is 0.452 e. The average Bonchev–Trinajstić information content (AvgIpc) is 2.80. The molecule has 1 saturated carbocycles. The zero-order valence-electron chi connectivity index (χ0n) is 19.3. The highest BCUT2D eigenvalue weighted by atomic mass is 35.5. The molecule has 3 rings (SSSR count). The normalized spacial score (nSPS) is 15.4. The number of nitrogens with one attached hydrogen (secondary N) is 1. The zero-order valence-corrected chi connectivity index (χ0v) is 20.9. The first-order valence-corrected chi connectivity index (χ1v) is 13.4. The quantitative estimate of drug-likeness (QED) is 0.530. The molecule has 1 aliphatic carbocycles. The molecule has 0 bridgehead atoms. The molecule has 9 heteroatoms. The van der Waals surface area contributed by atoms with E-state index in [0.29, 0.717) is 0 Å². The van der Waals surface area contributed by atoms with Gasteiger partial charge in [0, 0.05) is 19.6 Å². The summed E-state index contributed by atoms with van der Waals surface area (Å²) in [6.45, 7) is -0.274. The van der Waals surface area contributed by atoms with Gasteiger partial charge < -0.3 is 10.1 Å². The van der Waals surface area contributed by atoms with Crippen LogP contribution < -0.4 is 5.32 Å². The maximum Gasteiger partial charge on any atom is 0.340 e. The second-order valence-electron chi connectivity index (χ2n) is 8.57. The van der Waals surface area contributed by atoms with Crippen molar-refractivity contribution in [1.29, 1.82) is 0 Å². The molecule has 2 aromatic carbocycles. The number of rotatable bonds is 8. The Balaban J connectivity index is 1.63. The number of ether oxygens (including phenoxy) is 1. The maximum absolute atomic E-state index is 13.0. The van der Waals surface area contributed by atoms with Crippen LogP contribution in [0.2, 0.25) is 5.02 Å². The molecule has 1 N–H and O–H groups in total. The predicted octanol–water partition coefficient (Wildman–Crippen LogP) is 4.55. The van der Waals surface area contributed by atoms with Crippen LogP contribution >= 0.6 is 11.6 Å². The summed E-state index contributed by atoms with van der Waals surface area (Å²) in [7, 11) is -2.41. The van der Waals surface area contributed by atoms with Crippen molar-refractivity contribution < 1.29 is 22.7 Å². The zero-order chi connectivity index (χ0) is 24.6. The highest BCUT2D eigenvalue weighted by molar-refractivity contribution is 7.89. The number of hydrogen-bond acceptors (Lipinski definition) is 5. The first kappa shape index (κ1) is 26.2. The van der Waals surface area contributed by atoms with Gasteiger partial charge in [0.2, 0.25) is 10.0 Å². The van der Waals surface area contributed by atoms with Gasteiger partial charge in [-0.1, -0.05) is 74.0 Å². The van der Waals surface area contributed by atoms with E-state index in [1.165, 1.54) is 48.8 Å². The van der Waals surface area contributed by atoms with Gasteiger partial charge in [0.1, 0.15) is 0 Å². The van der Waals surface area contributed by atoms with Crippen molar-refractivity contribution in [3.8, 4) is 0 Å². The van der Waals surface area contributed by atoms with Gasteiger partial charge in [0.15, 0.2) is 6.61 Å². The van der Waals surface area contributed by atoms with Crippen molar-refractivity contribution in [2.45, 2.75) is 62.4 Å². The maximum atomic E-state index is 13.0. The van der Waals surface area contributed by atoms with Gasteiger partial charge in [-0.2, -0.15) is 4.31 Å². The molecule has 7 nitrogen and oxygen atoms in total. The summed E-state index contributed by atoms with van der Waals surface area (Å²) in [5.41, 5.74) is 0.729. The van der Waals surface area contributed by atoms with Gasteiger partial charge in [-0.05, 0) is 36.6 Å². The number of nitrogens with zero attached hydrogens (tertiary/aromatic N) is 1. The van der Waals surface area contributed by atoms with E-state index in [2.05, 4.69) is 5.32 Å². The molecule has 0 aromatic heterocycles. The van der Waals surface area contributed by atoms with Crippen LogP contribution in [0.25, 0.3) is 0 Å². The molecular weight excluding hydrogens is 476 g/mol. The molecule has 0 atom stereocenters. The van der Waals surface area contributed by atoms with Crippen molar-refractivity contribution in [1.82, 2.24) is 9.62 Å². The van der Waals surface area contributed by atoms with E-state index in [1.54, 1.807) is 0 Å². The van der Waals surface area contributed by atoms with Gasteiger partial charge in [-0.25, -0.2) is 13.2 Å². The van der Waals surface area contributed by atoms with E-state index in [-0.39, 0.29) is 34.0 Å². The number of esters is 1. The van der Waals surface area contributed by atoms with E-state index in [9.17, 15) is 18.0 Å². The number of benzene rings is 2. The summed E-state index contributed by atoms with van der Waals surface area (Å²) in [4.78, 5) is 24.8. The van der Waals surface area contributed by atoms with Crippen LogP contribution in [0.1, 0.15) is 60.9 Å². The highest BCUT2D eigenvalue weighted by Gasteiger charge is 2.24. The third-order valence-electron chi connectivity index (χ3n) is 5.92. The first-order chi connectivity index (χ1) is 16.3. The van der Waals surface area contributed by atoms with Crippen molar-refractivity contribution in [2.24, 2.45) is 0 Å². The molecule has 184 valence electrons. The van der Waals surface area contributed by atoms with Crippen LogP contribution in [-0.2, 0) is 26.1 Å². The van der Waals surface area contributed by atoms with Gasteiger partial charge in [0.05, 0.1) is 15.5 Å². The lowest BCUT2D eigenvalue weighted by Gasteiger charge is -2.21. The molecular formula is C25H31ClN2O5S. The minimum Gasteiger partial charge on any atom is -0.452 e. The van der Waals surface area contributed by atoms with Gasteiger partial charge in [-0.15, -0.1) is 0 Å². The number of halogens is 1. The lowest BCUT2D eigenvalue weighted by Crippen LogP contribution is -2.38. The molecule has 34 heavy (non-hydrogen) atoms. The molecule has 1 fully saturated rings. The van der Waals surface area contributed by atoms with Crippen LogP contribution in [0.4, 0.5) is 0 Å². The molecule has 2 aromatic rings. The fourth-order valence-electron chi connectivity index (χ4n) is 4.01. The van der Waals surface area contributed by atoms with Gasteiger partial charge >= 0.3 is 5.97 Å². The topological polar surface area (TPSA) is 92.8 Å². The molecule has 0 aliphatic heterocycles. The molecule has 0 heterocycles. The Kier molecular flexibility index (Phi) is 9.50. The molecule has 1 amide bonds. The van der Waals surface area contributed by atoms with Crippen molar-refractivity contribution in [3.05, 3.63) is 64.7 Å². The molecule has 0 saturated heterocycles.